The van der Waals surface area contributed by atoms with Gasteiger partial charge in [-0.3, -0.25) is 4.79 Å². The van der Waals surface area contributed by atoms with Crippen LogP contribution in [0.4, 0.5) is 4.39 Å². The molecule has 0 aliphatic rings. The number of imidazole rings is 1. The van der Waals surface area contributed by atoms with Crippen molar-refractivity contribution in [3.8, 4) is 5.75 Å². The number of halogens is 1. The molecule has 27 heavy (non-hydrogen) atoms. The van der Waals surface area contributed by atoms with Crippen molar-refractivity contribution in [1.82, 2.24) is 9.38 Å². The summed E-state index contributed by atoms with van der Waals surface area (Å²) in [5, 5.41) is 0. The highest BCUT2D eigenvalue weighted by Crippen LogP contribution is 2.17. The Hall–Kier alpha value is -3.80. The monoisotopic (exact) mass is 360 g/mol. The van der Waals surface area contributed by atoms with Gasteiger partial charge in [-0.15, -0.1) is 0 Å². The highest BCUT2D eigenvalue weighted by atomic mass is 19.1. The molecule has 4 rings (SSSR count). The van der Waals surface area contributed by atoms with E-state index in [4.69, 9.17) is 4.74 Å². The van der Waals surface area contributed by atoms with Gasteiger partial charge in [0, 0.05) is 23.5 Å². The van der Waals surface area contributed by atoms with Crippen LogP contribution in [0.25, 0.3) is 5.65 Å². The SMILES string of the molecule is O=C(c1ccc(F)cc1)c1ccc(OC(=O)c2cn3ccccc3n2)cc1. The van der Waals surface area contributed by atoms with Gasteiger partial charge in [-0.2, -0.15) is 0 Å². The Morgan fingerprint density at radius 2 is 1.56 bits per heavy atom. The van der Waals surface area contributed by atoms with E-state index in [1.54, 1.807) is 35.0 Å². The summed E-state index contributed by atoms with van der Waals surface area (Å²) in [4.78, 5) is 28.8. The Morgan fingerprint density at radius 3 is 2.22 bits per heavy atom. The van der Waals surface area contributed by atoms with Crippen molar-refractivity contribution >= 4 is 17.4 Å². The van der Waals surface area contributed by atoms with E-state index >= 15 is 0 Å². The molecule has 0 N–H and O–H groups in total. The first-order chi connectivity index (χ1) is 13.1. The van der Waals surface area contributed by atoms with Gasteiger partial charge in [-0.05, 0) is 60.7 Å². The Balaban J connectivity index is 1.49. The Morgan fingerprint density at radius 1 is 0.889 bits per heavy atom. The number of nitrogens with zero attached hydrogens (tertiary/aromatic N) is 2. The predicted octanol–water partition coefficient (Wildman–Crippen LogP) is 3.92. The van der Waals surface area contributed by atoms with Crippen molar-refractivity contribution < 1.29 is 18.7 Å². The van der Waals surface area contributed by atoms with Crippen LogP contribution in [0, 0.1) is 5.82 Å². The number of rotatable bonds is 4. The lowest BCUT2D eigenvalue weighted by Gasteiger charge is -2.04. The summed E-state index contributed by atoms with van der Waals surface area (Å²) in [6, 6.07) is 16.9. The molecule has 0 unspecified atom stereocenters. The second kappa shape index (κ2) is 6.84. The number of carbonyl (C=O) groups is 2. The van der Waals surface area contributed by atoms with Crippen molar-refractivity contribution in [1.29, 1.82) is 0 Å². The average molecular weight is 360 g/mol. The van der Waals surface area contributed by atoms with Gasteiger partial charge in [0.15, 0.2) is 11.5 Å². The lowest BCUT2D eigenvalue weighted by atomic mass is 10.0. The zero-order valence-corrected chi connectivity index (χ0v) is 14.0. The molecule has 2 heterocycles. The van der Waals surface area contributed by atoms with Crippen LogP contribution < -0.4 is 4.74 Å². The molecule has 0 fully saturated rings. The molecule has 2 aromatic carbocycles. The summed E-state index contributed by atoms with van der Waals surface area (Å²) < 4.78 is 20.0. The van der Waals surface area contributed by atoms with E-state index in [9.17, 15) is 14.0 Å². The minimum absolute atomic E-state index is 0.188. The molecule has 5 nitrogen and oxygen atoms in total. The molecule has 0 aliphatic heterocycles. The number of hydrogen-bond donors (Lipinski definition) is 0. The molecule has 0 saturated heterocycles. The number of benzene rings is 2. The Kier molecular flexibility index (Phi) is 4.22. The smallest absolute Gasteiger partial charge is 0.363 e. The molecule has 0 radical (unpaired) electrons. The van der Waals surface area contributed by atoms with Gasteiger partial charge in [-0.25, -0.2) is 14.2 Å². The molecule has 4 aromatic rings. The molecule has 132 valence electrons. The van der Waals surface area contributed by atoms with Crippen LogP contribution >= 0.6 is 0 Å². The van der Waals surface area contributed by atoms with Crippen LogP contribution in [0.2, 0.25) is 0 Å². The lowest BCUT2D eigenvalue weighted by molar-refractivity contribution is 0.0729. The number of ether oxygens (including phenoxy) is 1. The van der Waals surface area contributed by atoms with Gasteiger partial charge < -0.3 is 9.14 Å². The minimum Gasteiger partial charge on any atom is -0.422 e. The third-order valence-electron chi connectivity index (χ3n) is 4.01. The van der Waals surface area contributed by atoms with E-state index in [1.165, 1.54) is 36.4 Å². The number of pyridine rings is 1. The van der Waals surface area contributed by atoms with Crippen LogP contribution in [0.5, 0.6) is 5.75 Å². The Bertz CT molecular complexity index is 1100. The maximum absolute atomic E-state index is 13.0. The molecule has 0 atom stereocenters. The molecule has 0 bridgehead atoms. The molecule has 6 heteroatoms. The number of carbonyl (C=O) groups excluding carboxylic acids is 2. The summed E-state index contributed by atoms with van der Waals surface area (Å²) in [6.45, 7) is 0. The predicted molar refractivity (Wildman–Crippen MR) is 96.4 cm³/mol. The van der Waals surface area contributed by atoms with Crippen molar-refractivity contribution in [2.75, 3.05) is 0 Å². The summed E-state index contributed by atoms with van der Waals surface area (Å²) in [6.07, 6.45) is 3.37. The highest BCUT2D eigenvalue weighted by molar-refractivity contribution is 6.09. The average Bonchev–Trinajstić information content (AvgIpc) is 3.13. The van der Waals surface area contributed by atoms with Crippen LogP contribution in [0.15, 0.2) is 79.1 Å². The topological polar surface area (TPSA) is 60.7 Å². The minimum atomic E-state index is -0.587. The van der Waals surface area contributed by atoms with Gasteiger partial charge >= 0.3 is 5.97 Å². The summed E-state index contributed by atoms with van der Waals surface area (Å²) in [5.41, 5.74) is 1.62. The molecule has 0 saturated carbocycles. The number of hydrogen-bond acceptors (Lipinski definition) is 4. The van der Waals surface area contributed by atoms with E-state index in [1.807, 2.05) is 12.1 Å². The van der Waals surface area contributed by atoms with E-state index in [-0.39, 0.29) is 11.5 Å². The molecular formula is C21H13FN2O3. The first-order valence-electron chi connectivity index (χ1n) is 8.16. The fourth-order valence-corrected chi connectivity index (χ4v) is 2.63. The van der Waals surface area contributed by atoms with E-state index < -0.39 is 11.8 Å². The maximum atomic E-state index is 13.0. The van der Waals surface area contributed by atoms with Crippen LogP contribution in [-0.4, -0.2) is 21.1 Å². The number of esters is 1. The fraction of sp³-hybridized carbons (Fsp3) is 0. The quantitative estimate of drug-likeness (QED) is 0.314. The first-order valence-corrected chi connectivity index (χ1v) is 8.16. The summed E-state index contributed by atoms with van der Waals surface area (Å²) in [7, 11) is 0. The number of aromatic nitrogens is 2. The molecule has 0 amide bonds. The normalized spacial score (nSPS) is 10.7. The number of ketones is 1. The molecule has 0 aliphatic carbocycles. The summed E-state index contributed by atoms with van der Waals surface area (Å²) >= 11 is 0. The van der Waals surface area contributed by atoms with Crippen LogP contribution in [0.1, 0.15) is 26.4 Å². The second-order valence-electron chi connectivity index (χ2n) is 5.84. The van der Waals surface area contributed by atoms with Gasteiger partial charge in [-0.1, -0.05) is 6.07 Å². The fourth-order valence-electron chi connectivity index (χ4n) is 2.63. The van der Waals surface area contributed by atoms with Crippen LogP contribution in [0.3, 0.4) is 0 Å². The standard InChI is InChI=1S/C21H13FN2O3/c22-16-8-4-14(5-9-16)20(25)15-6-10-17(11-7-15)27-21(26)18-13-24-12-2-1-3-19(24)23-18/h1-13H. The number of fused-ring (bicyclic) bond motifs is 1. The van der Waals surface area contributed by atoms with Gasteiger partial charge in [0.05, 0.1) is 0 Å². The van der Waals surface area contributed by atoms with Crippen LogP contribution in [-0.2, 0) is 0 Å². The third-order valence-corrected chi connectivity index (χ3v) is 4.01. The van der Waals surface area contributed by atoms with Crippen molar-refractivity contribution in [2.45, 2.75) is 0 Å². The molecule has 2 aromatic heterocycles. The first kappa shape index (κ1) is 16.7. The molecular weight excluding hydrogens is 347 g/mol. The Labute approximate surface area is 153 Å². The van der Waals surface area contributed by atoms with Crippen molar-refractivity contribution in [3.05, 3.63) is 102 Å². The van der Waals surface area contributed by atoms with Gasteiger partial charge in [0.25, 0.3) is 0 Å². The van der Waals surface area contributed by atoms with Gasteiger partial charge in [0.2, 0.25) is 0 Å². The zero-order chi connectivity index (χ0) is 18.8. The van der Waals surface area contributed by atoms with E-state index in [0.717, 1.165) is 0 Å². The van der Waals surface area contributed by atoms with E-state index in [2.05, 4.69) is 4.98 Å². The molecule has 0 spiro atoms. The van der Waals surface area contributed by atoms with Crippen molar-refractivity contribution in [2.24, 2.45) is 0 Å². The third kappa shape index (κ3) is 3.46. The largest absolute Gasteiger partial charge is 0.422 e. The van der Waals surface area contributed by atoms with Gasteiger partial charge in [0.1, 0.15) is 17.2 Å². The summed E-state index contributed by atoms with van der Waals surface area (Å²) in [5.74, 6) is -0.932. The van der Waals surface area contributed by atoms with Crippen molar-refractivity contribution in [3.63, 3.8) is 0 Å². The maximum Gasteiger partial charge on any atom is 0.363 e. The highest BCUT2D eigenvalue weighted by Gasteiger charge is 2.14. The second-order valence-corrected chi connectivity index (χ2v) is 5.84. The zero-order valence-electron chi connectivity index (χ0n) is 14.0. The van der Waals surface area contributed by atoms with E-state index in [0.29, 0.717) is 22.5 Å². The lowest BCUT2D eigenvalue weighted by Crippen LogP contribution is -2.09.